The van der Waals surface area contributed by atoms with Crippen molar-refractivity contribution in [2.45, 2.75) is 26.4 Å². The summed E-state index contributed by atoms with van der Waals surface area (Å²) in [5.74, 6) is 7.07. The second-order valence-corrected chi connectivity index (χ2v) is 7.29. The standard InChI is InChI=1S/C20H21N7OS/c1-14-7-9-15(10-8-14)11-17-24-26(20(28)27(17)21)13-18-22-23-19(29)25(18)12-16-5-3-2-4-6-16/h2-10H,11-13,21H2,1H3,(H,23,29). The van der Waals surface area contributed by atoms with E-state index in [1.165, 1.54) is 10.2 Å². The molecule has 0 spiro atoms. The van der Waals surface area contributed by atoms with Crippen molar-refractivity contribution in [2.75, 3.05) is 5.84 Å². The topological polar surface area (TPSA) is 99.5 Å². The van der Waals surface area contributed by atoms with Crippen molar-refractivity contribution in [3.63, 3.8) is 0 Å². The van der Waals surface area contributed by atoms with Crippen LogP contribution in [0.25, 0.3) is 0 Å². The number of hydrogen-bond acceptors (Lipinski definition) is 5. The maximum atomic E-state index is 12.6. The molecule has 4 rings (SSSR count). The summed E-state index contributed by atoms with van der Waals surface area (Å²) in [4.78, 5) is 12.6. The SMILES string of the molecule is Cc1ccc(Cc2nn(Cc3n[nH]c(=S)n3Cc3ccccc3)c(=O)n2N)cc1. The molecule has 0 aliphatic rings. The number of aryl methyl sites for hydroxylation is 1. The largest absolute Gasteiger partial charge is 0.365 e. The van der Waals surface area contributed by atoms with Gasteiger partial charge < -0.3 is 5.84 Å². The highest BCUT2D eigenvalue weighted by Gasteiger charge is 2.15. The molecule has 0 radical (unpaired) electrons. The highest BCUT2D eigenvalue weighted by atomic mass is 32.1. The zero-order chi connectivity index (χ0) is 20.4. The number of rotatable bonds is 6. The van der Waals surface area contributed by atoms with Crippen molar-refractivity contribution in [1.29, 1.82) is 0 Å². The number of aromatic nitrogens is 6. The van der Waals surface area contributed by atoms with Crippen LogP contribution in [0.15, 0.2) is 59.4 Å². The van der Waals surface area contributed by atoms with Crippen molar-refractivity contribution < 1.29 is 0 Å². The Morgan fingerprint density at radius 2 is 1.72 bits per heavy atom. The second-order valence-electron chi connectivity index (χ2n) is 6.91. The number of benzene rings is 2. The monoisotopic (exact) mass is 407 g/mol. The molecule has 9 heteroatoms. The minimum atomic E-state index is -0.396. The van der Waals surface area contributed by atoms with Gasteiger partial charge >= 0.3 is 5.69 Å². The van der Waals surface area contributed by atoms with Crippen molar-refractivity contribution in [2.24, 2.45) is 0 Å². The molecular weight excluding hydrogens is 386 g/mol. The number of nitrogen functional groups attached to an aromatic ring is 1. The van der Waals surface area contributed by atoms with Crippen LogP contribution in [0.5, 0.6) is 0 Å². The van der Waals surface area contributed by atoms with Gasteiger partial charge in [-0.25, -0.2) is 9.48 Å². The third kappa shape index (κ3) is 4.04. The molecule has 2 aromatic carbocycles. The number of nitrogens with zero attached hydrogens (tertiary/aromatic N) is 5. The Morgan fingerprint density at radius 1 is 1.00 bits per heavy atom. The zero-order valence-corrected chi connectivity index (χ0v) is 16.8. The van der Waals surface area contributed by atoms with Crippen LogP contribution in [0, 0.1) is 11.7 Å². The van der Waals surface area contributed by atoms with E-state index in [0.717, 1.165) is 15.8 Å². The number of H-pyrrole nitrogens is 1. The van der Waals surface area contributed by atoms with Gasteiger partial charge in [0.2, 0.25) is 0 Å². The van der Waals surface area contributed by atoms with Gasteiger partial charge in [-0.05, 0) is 30.3 Å². The summed E-state index contributed by atoms with van der Waals surface area (Å²) in [6.45, 7) is 2.75. The molecule has 29 heavy (non-hydrogen) atoms. The molecule has 0 saturated heterocycles. The van der Waals surface area contributed by atoms with E-state index in [1.54, 1.807) is 0 Å². The summed E-state index contributed by atoms with van der Waals surface area (Å²) in [5, 5.41) is 11.5. The second kappa shape index (κ2) is 7.88. The molecule has 0 saturated carbocycles. The molecule has 4 aromatic rings. The molecule has 0 aliphatic carbocycles. The number of aromatic amines is 1. The molecule has 0 fully saturated rings. The maximum Gasteiger partial charge on any atom is 0.365 e. The van der Waals surface area contributed by atoms with Crippen LogP contribution in [0.3, 0.4) is 0 Å². The fourth-order valence-corrected chi connectivity index (χ4v) is 3.33. The fraction of sp³-hybridized carbons (Fsp3) is 0.200. The van der Waals surface area contributed by atoms with Gasteiger partial charge in [-0.15, -0.1) is 0 Å². The fourth-order valence-electron chi connectivity index (χ4n) is 3.11. The lowest BCUT2D eigenvalue weighted by Crippen LogP contribution is -2.31. The van der Waals surface area contributed by atoms with E-state index in [-0.39, 0.29) is 6.54 Å². The molecule has 0 bridgehead atoms. The van der Waals surface area contributed by atoms with Crippen molar-refractivity contribution in [1.82, 2.24) is 29.2 Å². The van der Waals surface area contributed by atoms with Crippen LogP contribution in [0.1, 0.15) is 28.3 Å². The lowest BCUT2D eigenvalue weighted by atomic mass is 10.1. The summed E-state index contributed by atoms with van der Waals surface area (Å²) < 4.78 is 4.74. The Bertz CT molecular complexity index is 1230. The molecule has 0 atom stereocenters. The van der Waals surface area contributed by atoms with E-state index in [1.807, 2.05) is 66.1 Å². The number of nitrogens with two attached hydrogens (primary N) is 1. The molecule has 0 aliphatic heterocycles. The van der Waals surface area contributed by atoms with Crippen LogP contribution in [0.2, 0.25) is 0 Å². The van der Waals surface area contributed by atoms with Crippen LogP contribution in [-0.2, 0) is 19.5 Å². The van der Waals surface area contributed by atoms with E-state index < -0.39 is 5.69 Å². The Kier molecular flexibility index (Phi) is 5.13. The lowest BCUT2D eigenvalue weighted by Gasteiger charge is -2.06. The highest BCUT2D eigenvalue weighted by Crippen LogP contribution is 2.09. The number of nitrogens with one attached hydrogen (secondary N) is 1. The first-order chi connectivity index (χ1) is 14.0. The Balaban J connectivity index is 1.60. The summed E-state index contributed by atoms with van der Waals surface area (Å²) in [6.07, 6.45) is 0.468. The van der Waals surface area contributed by atoms with E-state index in [0.29, 0.717) is 29.4 Å². The first-order valence-electron chi connectivity index (χ1n) is 9.18. The number of hydrogen-bond donors (Lipinski definition) is 2. The average Bonchev–Trinajstić information content (AvgIpc) is 3.19. The van der Waals surface area contributed by atoms with Crippen LogP contribution in [-0.4, -0.2) is 29.2 Å². The molecule has 0 amide bonds. The zero-order valence-electron chi connectivity index (χ0n) is 15.9. The van der Waals surface area contributed by atoms with Gasteiger partial charge in [0.05, 0.1) is 6.54 Å². The van der Waals surface area contributed by atoms with E-state index in [2.05, 4.69) is 15.3 Å². The summed E-state index contributed by atoms with van der Waals surface area (Å²) in [7, 11) is 0. The van der Waals surface area contributed by atoms with Gasteiger partial charge in [0.15, 0.2) is 16.4 Å². The Hall–Kier alpha value is -3.46. The first-order valence-corrected chi connectivity index (χ1v) is 9.59. The quantitative estimate of drug-likeness (QED) is 0.376. The van der Waals surface area contributed by atoms with E-state index >= 15 is 0 Å². The lowest BCUT2D eigenvalue weighted by molar-refractivity contribution is 0.589. The smallest absolute Gasteiger partial charge is 0.333 e. The maximum absolute atomic E-state index is 12.6. The minimum Gasteiger partial charge on any atom is -0.333 e. The molecule has 2 heterocycles. The van der Waals surface area contributed by atoms with E-state index in [4.69, 9.17) is 18.1 Å². The van der Waals surface area contributed by atoms with E-state index in [9.17, 15) is 4.79 Å². The summed E-state index contributed by atoms with van der Waals surface area (Å²) >= 11 is 5.36. The van der Waals surface area contributed by atoms with Crippen LogP contribution >= 0.6 is 12.2 Å². The molecule has 8 nitrogen and oxygen atoms in total. The normalized spacial score (nSPS) is 11.1. The molecule has 3 N–H and O–H groups in total. The molecule has 0 unspecified atom stereocenters. The minimum absolute atomic E-state index is 0.171. The van der Waals surface area contributed by atoms with Crippen LogP contribution < -0.4 is 11.5 Å². The van der Waals surface area contributed by atoms with Crippen LogP contribution in [0.4, 0.5) is 0 Å². The van der Waals surface area contributed by atoms with Crippen molar-refractivity contribution >= 4 is 12.2 Å². The highest BCUT2D eigenvalue weighted by molar-refractivity contribution is 7.71. The van der Waals surface area contributed by atoms with Gasteiger partial charge in [0.25, 0.3) is 0 Å². The molecule has 148 valence electrons. The predicted molar refractivity (Wildman–Crippen MR) is 113 cm³/mol. The van der Waals surface area contributed by atoms with Gasteiger partial charge in [-0.1, -0.05) is 60.2 Å². The third-order valence-electron chi connectivity index (χ3n) is 4.74. The molecular formula is C20H21N7OS. The van der Waals surface area contributed by atoms with Gasteiger partial charge in [0.1, 0.15) is 6.54 Å². The summed E-state index contributed by atoms with van der Waals surface area (Å²) in [5.41, 5.74) is 2.90. The van der Waals surface area contributed by atoms with Crippen molar-refractivity contribution in [3.05, 3.63) is 98.2 Å². The van der Waals surface area contributed by atoms with Gasteiger partial charge in [-0.2, -0.15) is 14.9 Å². The average molecular weight is 408 g/mol. The first kappa shape index (κ1) is 18.9. The summed E-state index contributed by atoms with van der Waals surface area (Å²) in [6, 6.07) is 18.0. The Labute approximate surface area is 172 Å². The van der Waals surface area contributed by atoms with Gasteiger partial charge in [0, 0.05) is 6.42 Å². The van der Waals surface area contributed by atoms with Crippen molar-refractivity contribution in [3.8, 4) is 0 Å². The molecule has 2 aromatic heterocycles. The third-order valence-corrected chi connectivity index (χ3v) is 5.05. The predicted octanol–water partition coefficient (Wildman–Crippen LogP) is 2.01. The Morgan fingerprint density at radius 3 is 2.45 bits per heavy atom. The van der Waals surface area contributed by atoms with Gasteiger partial charge in [-0.3, -0.25) is 9.67 Å².